The largest absolute Gasteiger partial charge is 0.379 e. The highest BCUT2D eigenvalue weighted by atomic mass is 32.2. The first kappa shape index (κ1) is 15.3. The second kappa shape index (κ2) is 8.43. The molecule has 0 amide bonds. The van der Waals surface area contributed by atoms with Crippen molar-refractivity contribution in [3.05, 3.63) is 0 Å². The van der Waals surface area contributed by atoms with E-state index in [1.807, 2.05) is 11.8 Å². The smallest absolute Gasteiger partial charge is 0.0634 e. The van der Waals surface area contributed by atoms with Gasteiger partial charge in [0.05, 0.1) is 5.60 Å². The van der Waals surface area contributed by atoms with E-state index in [1.54, 1.807) is 7.11 Å². The van der Waals surface area contributed by atoms with E-state index in [0.29, 0.717) is 6.04 Å². The van der Waals surface area contributed by atoms with Crippen molar-refractivity contribution in [2.75, 3.05) is 25.2 Å². The van der Waals surface area contributed by atoms with E-state index in [2.05, 4.69) is 33.0 Å². The monoisotopic (exact) mass is 233 g/mol. The van der Waals surface area contributed by atoms with E-state index in [-0.39, 0.29) is 5.60 Å². The van der Waals surface area contributed by atoms with Crippen molar-refractivity contribution >= 4 is 11.8 Å². The molecule has 0 rings (SSSR count). The molecule has 0 aliphatic carbocycles. The molecule has 0 saturated heterocycles. The first-order valence-electron chi connectivity index (χ1n) is 5.88. The van der Waals surface area contributed by atoms with E-state index >= 15 is 0 Å². The molecule has 0 aromatic rings. The van der Waals surface area contributed by atoms with Crippen molar-refractivity contribution in [2.45, 2.75) is 52.2 Å². The molecule has 2 nitrogen and oxygen atoms in total. The van der Waals surface area contributed by atoms with Gasteiger partial charge in [-0.25, -0.2) is 0 Å². The Hall–Kier alpha value is 0.270. The highest BCUT2D eigenvalue weighted by molar-refractivity contribution is 7.99. The maximum Gasteiger partial charge on any atom is 0.0634 e. The van der Waals surface area contributed by atoms with Crippen molar-refractivity contribution in [3.8, 4) is 0 Å². The van der Waals surface area contributed by atoms with E-state index in [4.69, 9.17) is 4.74 Å². The zero-order valence-electron chi connectivity index (χ0n) is 10.9. The Morgan fingerprint density at radius 2 is 2.07 bits per heavy atom. The molecule has 0 spiro atoms. The molecule has 1 unspecified atom stereocenters. The predicted octanol–water partition coefficient (Wildman–Crippen LogP) is 2.92. The number of nitrogens with one attached hydrogen (secondary N) is 1. The average molecular weight is 233 g/mol. The summed E-state index contributed by atoms with van der Waals surface area (Å²) in [5.74, 6) is 2.49. The molecule has 0 aromatic heterocycles. The number of methoxy groups -OCH3 is 1. The molecule has 0 aromatic carbocycles. The summed E-state index contributed by atoms with van der Waals surface area (Å²) in [7, 11) is 1.78. The molecule has 3 heteroatoms. The van der Waals surface area contributed by atoms with Gasteiger partial charge in [-0.2, -0.15) is 11.8 Å². The number of hydrogen-bond donors (Lipinski definition) is 1. The summed E-state index contributed by atoms with van der Waals surface area (Å²) in [5.41, 5.74) is 0.00485. The number of hydrogen-bond acceptors (Lipinski definition) is 3. The van der Waals surface area contributed by atoms with Crippen molar-refractivity contribution in [3.63, 3.8) is 0 Å². The van der Waals surface area contributed by atoms with E-state index in [1.165, 1.54) is 17.9 Å². The van der Waals surface area contributed by atoms with Crippen LogP contribution in [0.1, 0.15) is 40.5 Å². The van der Waals surface area contributed by atoms with Crippen LogP contribution in [0.5, 0.6) is 0 Å². The van der Waals surface area contributed by atoms with Gasteiger partial charge in [-0.05, 0) is 51.7 Å². The van der Waals surface area contributed by atoms with Crippen LogP contribution in [0, 0.1) is 0 Å². The molecule has 0 fully saturated rings. The molecule has 15 heavy (non-hydrogen) atoms. The van der Waals surface area contributed by atoms with Gasteiger partial charge in [-0.3, -0.25) is 0 Å². The van der Waals surface area contributed by atoms with E-state index in [0.717, 1.165) is 13.0 Å². The molecule has 1 atom stereocenters. The van der Waals surface area contributed by atoms with Crippen LogP contribution in [0.3, 0.4) is 0 Å². The molecular weight excluding hydrogens is 206 g/mol. The first-order chi connectivity index (χ1) is 7.02. The summed E-state index contributed by atoms with van der Waals surface area (Å²) in [6, 6.07) is 0.622. The molecule has 0 aliphatic rings. The lowest BCUT2D eigenvalue weighted by atomic mass is 10.1. The third-order valence-corrected chi connectivity index (χ3v) is 3.60. The van der Waals surface area contributed by atoms with Crippen LogP contribution in [0.25, 0.3) is 0 Å². The summed E-state index contributed by atoms with van der Waals surface area (Å²) < 4.78 is 5.37. The average Bonchev–Trinajstić information content (AvgIpc) is 2.18. The molecule has 0 radical (unpaired) electrons. The third-order valence-electron chi connectivity index (χ3n) is 2.67. The number of thioether (sulfide) groups is 1. The Morgan fingerprint density at radius 3 is 2.60 bits per heavy atom. The molecule has 0 heterocycles. The fourth-order valence-corrected chi connectivity index (χ4v) is 2.04. The Balaban J connectivity index is 3.42. The van der Waals surface area contributed by atoms with Gasteiger partial charge in [-0.15, -0.1) is 0 Å². The fraction of sp³-hybridized carbons (Fsp3) is 1.00. The summed E-state index contributed by atoms with van der Waals surface area (Å²) >= 11 is 2.02. The normalized spacial score (nSPS) is 14.2. The Kier molecular flexibility index (Phi) is 8.58. The second-order valence-electron chi connectivity index (χ2n) is 4.55. The fourth-order valence-electron chi connectivity index (χ4n) is 1.23. The summed E-state index contributed by atoms with van der Waals surface area (Å²) in [6.07, 6.45) is 2.32. The van der Waals surface area contributed by atoms with Gasteiger partial charge in [0.25, 0.3) is 0 Å². The molecule has 1 N–H and O–H groups in total. The van der Waals surface area contributed by atoms with Crippen LogP contribution in [0.4, 0.5) is 0 Å². The summed E-state index contributed by atoms with van der Waals surface area (Å²) in [6.45, 7) is 9.78. The first-order valence-corrected chi connectivity index (χ1v) is 7.03. The van der Waals surface area contributed by atoms with Gasteiger partial charge in [-0.1, -0.05) is 6.92 Å². The third kappa shape index (κ3) is 9.21. The van der Waals surface area contributed by atoms with Crippen LogP contribution >= 0.6 is 11.8 Å². The number of rotatable bonds is 9. The number of ether oxygens (including phenoxy) is 1. The lowest BCUT2D eigenvalue weighted by molar-refractivity contribution is 0.0154. The second-order valence-corrected chi connectivity index (χ2v) is 5.95. The Morgan fingerprint density at radius 1 is 1.40 bits per heavy atom. The van der Waals surface area contributed by atoms with Crippen molar-refractivity contribution in [1.29, 1.82) is 0 Å². The highest BCUT2D eigenvalue weighted by Crippen LogP contribution is 2.12. The Bertz CT molecular complexity index is 151. The summed E-state index contributed by atoms with van der Waals surface area (Å²) in [4.78, 5) is 0. The molecule has 92 valence electrons. The van der Waals surface area contributed by atoms with Crippen molar-refractivity contribution in [1.82, 2.24) is 5.32 Å². The summed E-state index contributed by atoms with van der Waals surface area (Å²) in [5, 5.41) is 3.54. The lowest BCUT2D eigenvalue weighted by Crippen LogP contribution is -2.33. The van der Waals surface area contributed by atoms with Crippen LogP contribution in [0.2, 0.25) is 0 Å². The molecule has 0 bridgehead atoms. The van der Waals surface area contributed by atoms with Gasteiger partial charge in [0.2, 0.25) is 0 Å². The van der Waals surface area contributed by atoms with Crippen LogP contribution in [-0.4, -0.2) is 36.8 Å². The van der Waals surface area contributed by atoms with E-state index in [9.17, 15) is 0 Å². The van der Waals surface area contributed by atoms with Crippen molar-refractivity contribution < 1.29 is 4.74 Å². The van der Waals surface area contributed by atoms with Gasteiger partial charge < -0.3 is 10.1 Å². The minimum Gasteiger partial charge on any atom is -0.379 e. The van der Waals surface area contributed by atoms with E-state index < -0.39 is 0 Å². The zero-order chi connectivity index (χ0) is 11.7. The SMILES string of the molecule is CCSCCC(C)NCCC(C)(C)OC. The van der Waals surface area contributed by atoms with Gasteiger partial charge >= 0.3 is 0 Å². The maximum atomic E-state index is 5.37. The standard InChI is InChI=1S/C12H27NOS/c1-6-15-10-7-11(2)13-9-8-12(3,4)14-5/h11,13H,6-10H2,1-5H3. The maximum absolute atomic E-state index is 5.37. The van der Waals surface area contributed by atoms with Crippen molar-refractivity contribution in [2.24, 2.45) is 0 Å². The quantitative estimate of drug-likeness (QED) is 0.619. The molecular formula is C12H27NOS. The van der Waals surface area contributed by atoms with Gasteiger partial charge in [0, 0.05) is 13.2 Å². The topological polar surface area (TPSA) is 21.3 Å². The Labute approximate surface area is 99.5 Å². The van der Waals surface area contributed by atoms with Crippen LogP contribution in [-0.2, 0) is 4.74 Å². The molecule has 0 aliphatic heterocycles. The minimum atomic E-state index is 0.00485. The molecule has 0 saturated carbocycles. The van der Waals surface area contributed by atoms with Crippen LogP contribution in [0.15, 0.2) is 0 Å². The van der Waals surface area contributed by atoms with Gasteiger partial charge in [0.1, 0.15) is 0 Å². The minimum absolute atomic E-state index is 0.00485. The van der Waals surface area contributed by atoms with Crippen LogP contribution < -0.4 is 5.32 Å². The predicted molar refractivity (Wildman–Crippen MR) is 70.8 cm³/mol. The lowest BCUT2D eigenvalue weighted by Gasteiger charge is -2.24. The van der Waals surface area contributed by atoms with Gasteiger partial charge in [0.15, 0.2) is 0 Å². The zero-order valence-corrected chi connectivity index (χ0v) is 11.7. The highest BCUT2D eigenvalue weighted by Gasteiger charge is 2.15.